The predicted molar refractivity (Wildman–Crippen MR) is 90.4 cm³/mol. The topological polar surface area (TPSA) is 59.2 Å². The van der Waals surface area contributed by atoms with Crippen LogP contribution in [0.25, 0.3) is 0 Å². The molecule has 0 saturated carbocycles. The van der Waals surface area contributed by atoms with Crippen molar-refractivity contribution in [3.05, 3.63) is 83.6 Å². The van der Waals surface area contributed by atoms with Crippen molar-refractivity contribution in [1.29, 1.82) is 0 Å². The largest absolute Gasteiger partial charge is 0.417 e. The maximum atomic E-state index is 12.4. The number of benzene rings is 2. The van der Waals surface area contributed by atoms with Gasteiger partial charge in [-0.25, -0.2) is 0 Å². The molecule has 3 rings (SSSR count). The fourth-order valence-electron chi connectivity index (χ4n) is 2.43. The molecule has 0 radical (unpaired) electrons. The van der Waals surface area contributed by atoms with Gasteiger partial charge in [-0.2, -0.15) is 0 Å². The lowest BCUT2D eigenvalue weighted by Gasteiger charge is -2.14. The second-order valence-corrected chi connectivity index (χ2v) is 5.63. The van der Waals surface area contributed by atoms with Gasteiger partial charge in [-0.3, -0.25) is 4.79 Å². The highest BCUT2D eigenvalue weighted by Gasteiger charge is 2.19. The van der Waals surface area contributed by atoms with Gasteiger partial charge in [0.15, 0.2) is 0 Å². The second kappa shape index (κ2) is 7.55. The third kappa shape index (κ3) is 4.07. The Morgan fingerprint density at radius 3 is 2.21 bits per heavy atom. The SMILES string of the molecule is CN(Cc1ccccc1)C(=O)c1nnc(CCc2ccccc2)o1. The summed E-state index contributed by atoms with van der Waals surface area (Å²) in [5.74, 6) is 0.254. The molecule has 1 heterocycles. The molecular formula is C19H19N3O2. The molecule has 0 spiro atoms. The van der Waals surface area contributed by atoms with E-state index in [0.717, 1.165) is 12.0 Å². The summed E-state index contributed by atoms with van der Waals surface area (Å²) in [5.41, 5.74) is 2.25. The van der Waals surface area contributed by atoms with Gasteiger partial charge in [-0.1, -0.05) is 60.7 Å². The lowest BCUT2D eigenvalue weighted by molar-refractivity contribution is 0.0743. The number of carbonyl (C=O) groups is 1. The number of aromatic nitrogens is 2. The summed E-state index contributed by atoms with van der Waals surface area (Å²) in [5, 5.41) is 7.86. The summed E-state index contributed by atoms with van der Waals surface area (Å²) >= 11 is 0. The van der Waals surface area contributed by atoms with Crippen LogP contribution in [0.2, 0.25) is 0 Å². The van der Waals surface area contributed by atoms with Crippen molar-refractivity contribution in [3.8, 4) is 0 Å². The lowest BCUT2D eigenvalue weighted by Crippen LogP contribution is -2.26. The summed E-state index contributed by atoms with van der Waals surface area (Å²) < 4.78 is 5.51. The highest BCUT2D eigenvalue weighted by molar-refractivity contribution is 5.89. The fourth-order valence-corrected chi connectivity index (χ4v) is 2.43. The molecule has 1 amide bonds. The molecule has 5 nitrogen and oxygen atoms in total. The monoisotopic (exact) mass is 321 g/mol. The molecule has 0 unspecified atom stereocenters. The quantitative estimate of drug-likeness (QED) is 0.700. The van der Waals surface area contributed by atoms with E-state index in [1.165, 1.54) is 5.56 Å². The average Bonchev–Trinajstić information content (AvgIpc) is 3.10. The summed E-state index contributed by atoms with van der Waals surface area (Å²) in [4.78, 5) is 13.9. The van der Waals surface area contributed by atoms with E-state index in [0.29, 0.717) is 18.9 Å². The first-order chi connectivity index (χ1) is 11.7. The Kier molecular flexibility index (Phi) is 5.01. The van der Waals surface area contributed by atoms with E-state index in [1.54, 1.807) is 11.9 Å². The molecule has 0 aliphatic heterocycles. The summed E-state index contributed by atoms with van der Waals surface area (Å²) in [6.45, 7) is 0.501. The zero-order valence-electron chi connectivity index (χ0n) is 13.6. The lowest BCUT2D eigenvalue weighted by atomic mass is 10.1. The van der Waals surface area contributed by atoms with E-state index in [4.69, 9.17) is 4.42 Å². The molecule has 0 N–H and O–H groups in total. The van der Waals surface area contributed by atoms with Crippen LogP contribution >= 0.6 is 0 Å². The van der Waals surface area contributed by atoms with Crippen molar-refractivity contribution in [2.75, 3.05) is 7.05 Å². The van der Waals surface area contributed by atoms with Crippen LogP contribution in [0.15, 0.2) is 65.1 Å². The van der Waals surface area contributed by atoms with Crippen LogP contribution in [-0.4, -0.2) is 28.1 Å². The first-order valence-electron chi connectivity index (χ1n) is 7.88. The maximum Gasteiger partial charge on any atom is 0.311 e. The average molecular weight is 321 g/mol. The number of carbonyl (C=O) groups excluding carboxylic acids is 1. The van der Waals surface area contributed by atoms with Crippen LogP contribution in [0.1, 0.15) is 27.7 Å². The van der Waals surface area contributed by atoms with Crippen molar-refractivity contribution >= 4 is 5.91 Å². The van der Waals surface area contributed by atoms with E-state index in [2.05, 4.69) is 22.3 Å². The van der Waals surface area contributed by atoms with Crippen LogP contribution in [-0.2, 0) is 19.4 Å². The number of aryl methyl sites for hydroxylation is 2. The van der Waals surface area contributed by atoms with Gasteiger partial charge in [0.2, 0.25) is 5.89 Å². The smallest absolute Gasteiger partial charge is 0.311 e. The van der Waals surface area contributed by atoms with Crippen molar-refractivity contribution in [2.24, 2.45) is 0 Å². The Morgan fingerprint density at radius 2 is 1.54 bits per heavy atom. The third-order valence-corrected chi connectivity index (χ3v) is 3.73. The van der Waals surface area contributed by atoms with Crippen molar-refractivity contribution in [3.63, 3.8) is 0 Å². The maximum absolute atomic E-state index is 12.4. The Balaban J connectivity index is 1.59. The molecule has 0 atom stereocenters. The summed E-state index contributed by atoms with van der Waals surface area (Å²) in [7, 11) is 1.73. The number of nitrogens with zero attached hydrogens (tertiary/aromatic N) is 3. The second-order valence-electron chi connectivity index (χ2n) is 5.63. The minimum absolute atomic E-state index is 0.0384. The molecule has 0 bridgehead atoms. The van der Waals surface area contributed by atoms with Gasteiger partial charge in [0, 0.05) is 20.0 Å². The minimum Gasteiger partial charge on any atom is -0.417 e. The standard InChI is InChI=1S/C19H19N3O2/c1-22(14-16-10-6-3-7-11-16)19(23)18-21-20-17(24-18)13-12-15-8-4-2-5-9-15/h2-11H,12-14H2,1H3. The van der Waals surface area contributed by atoms with Gasteiger partial charge in [-0.05, 0) is 17.5 Å². The molecule has 0 fully saturated rings. The molecule has 24 heavy (non-hydrogen) atoms. The van der Waals surface area contributed by atoms with E-state index in [9.17, 15) is 4.79 Å². The van der Waals surface area contributed by atoms with Gasteiger partial charge in [0.25, 0.3) is 0 Å². The number of hydrogen-bond donors (Lipinski definition) is 0. The van der Waals surface area contributed by atoms with Crippen molar-refractivity contribution < 1.29 is 9.21 Å². The Labute approximate surface area is 140 Å². The van der Waals surface area contributed by atoms with Gasteiger partial charge in [0.05, 0.1) is 0 Å². The van der Waals surface area contributed by atoms with Crippen LogP contribution in [0.5, 0.6) is 0 Å². The highest BCUT2D eigenvalue weighted by atomic mass is 16.4. The molecule has 2 aromatic carbocycles. The molecule has 1 aromatic heterocycles. The first kappa shape index (κ1) is 15.9. The zero-order valence-corrected chi connectivity index (χ0v) is 13.6. The molecule has 3 aromatic rings. The number of rotatable bonds is 6. The third-order valence-electron chi connectivity index (χ3n) is 3.73. The normalized spacial score (nSPS) is 10.5. The van der Waals surface area contributed by atoms with E-state index in [-0.39, 0.29) is 11.8 Å². The molecule has 5 heteroatoms. The molecule has 0 aliphatic carbocycles. The molecule has 122 valence electrons. The fraction of sp³-hybridized carbons (Fsp3) is 0.211. The van der Waals surface area contributed by atoms with E-state index < -0.39 is 0 Å². The van der Waals surface area contributed by atoms with Crippen molar-refractivity contribution in [1.82, 2.24) is 15.1 Å². The highest BCUT2D eigenvalue weighted by Crippen LogP contribution is 2.10. The zero-order chi connectivity index (χ0) is 16.8. The Bertz CT molecular complexity index is 785. The van der Waals surface area contributed by atoms with Crippen LogP contribution in [0, 0.1) is 0 Å². The van der Waals surface area contributed by atoms with Crippen molar-refractivity contribution in [2.45, 2.75) is 19.4 Å². The van der Waals surface area contributed by atoms with Gasteiger partial charge in [-0.15, -0.1) is 10.2 Å². The molecule has 0 aliphatic rings. The van der Waals surface area contributed by atoms with Gasteiger partial charge >= 0.3 is 11.8 Å². The van der Waals surface area contributed by atoms with E-state index >= 15 is 0 Å². The van der Waals surface area contributed by atoms with Gasteiger partial charge in [0.1, 0.15) is 0 Å². The summed E-state index contributed by atoms with van der Waals surface area (Å²) in [6, 6.07) is 19.9. The number of amides is 1. The Morgan fingerprint density at radius 1 is 0.917 bits per heavy atom. The van der Waals surface area contributed by atoms with Crippen LogP contribution in [0.4, 0.5) is 0 Å². The van der Waals surface area contributed by atoms with Crippen LogP contribution < -0.4 is 0 Å². The molecular weight excluding hydrogens is 302 g/mol. The molecule has 0 saturated heterocycles. The van der Waals surface area contributed by atoms with Crippen LogP contribution in [0.3, 0.4) is 0 Å². The minimum atomic E-state index is -0.266. The Hall–Kier alpha value is -2.95. The first-order valence-corrected chi connectivity index (χ1v) is 7.88. The van der Waals surface area contributed by atoms with Gasteiger partial charge < -0.3 is 9.32 Å². The summed E-state index contributed by atoms with van der Waals surface area (Å²) in [6.07, 6.45) is 1.42. The predicted octanol–water partition coefficient (Wildman–Crippen LogP) is 3.13. The number of hydrogen-bond acceptors (Lipinski definition) is 4. The van der Waals surface area contributed by atoms with E-state index in [1.807, 2.05) is 48.5 Å².